The summed E-state index contributed by atoms with van der Waals surface area (Å²) in [5.74, 6) is 1.80. The van der Waals surface area contributed by atoms with Gasteiger partial charge in [-0.15, -0.1) is 0 Å². The quantitative estimate of drug-likeness (QED) is 0.814. The predicted molar refractivity (Wildman–Crippen MR) is 94.3 cm³/mol. The van der Waals surface area contributed by atoms with Crippen molar-refractivity contribution in [3.05, 3.63) is 53.9 Å². The second kappa shape index (κ2) is 8.13. The van der Waals surface area contributed by atoms with Gasteiger partial charge in [-0.05, 0) is 29.8 Å². The minimum atomic E-state index is 0.876. The molecule has 5 nitrogen and oxygen atoms in total. The van der Waals surface area contributed by atoms with Crippen molar-refractivity contribution >= 4 is 0 Å². The Kier molecular flexibility index (Phi) is 5.67. The van der Waals surface area contributed by atoms with Gasteiger partial charge in [0.2, 0.25) is 0 Å². The molecule has 1 aliphatic rings. The number of rotatable bonds is 6. The number of hydrogen-bond donors (Lipinski definition) is 0. The largest absolute Gasteiger partial charge is 0.497 e. The lowest BCUT2D eigenvalue weighted by molar-refractivity contribution is 0.121. The highest BCUT2D eigenvalue weighted by molar-refractivity contribution is 5.40. The molecule has 1 saturated heterocycles. The van der Waals surface area contributed by atoms with Gasteiger partial charge in [0, 0.05) is 57.2 Å². The molecule has 0 saturated carbocycles. The van der Waals surface area contributed by atoms with E-state index in [1.165, 1.54) is 11.1 Å². The molecule has 1 aromatic heterocycles. The summed E-state index contributed by atoms with van der Waals surface area (Å²) in [7, 11) is 3.42. The Morgan fingerprint density at radius 1 is 0.958 bits per heavy atom. The van der Waals surface area contributed by atoms with Crippen molar-refractivity contribution in [2.45, 2.75) is 13.1 Å². The van der Waals surface area contributed by atoms with Crippen LogP contribution in [0.1, 0.15) is 11.1 Å². The fraction of sp³-hybridized carbons (Fsp3) is 0.421. The van der Waals surface area contributed by atoms with Crippen molar-refractivity contribution in [2.24, 2.45) is 0 Å². The number of hydrogen-bond acceptors (Lipinski definition) is 5. The number of piperazine rings is 1. The molecule has 0 N–H and O–H groups in total. The summed E-state index contributed by atoms with van der Waals surface area (Å²) in [5.41, 5.74) is 2.46. The highest BCUT2D eigenvalue weighted by atomic mass is 16.5. The Hall–Kier alpha value is -2.11. The maximum absolute atomic E-state index is 5.49. The first kappa shape index (κ1) is 16.7. The molecule has 1 aliphatic heterocycles. The van der Waals surface area contributed by atoms with Crippen LogP contribution in [-0.4, -0.2) is 55.2 Å². The SMILES string of the molecule is COc1ccc(OC)c(CN2CCN(Cc3cccnc3)CC2)c1. The van der Waals surface area contributed by atoms with E-state index in [1.54, 1.807) is 14.2 Å². The zero-order valence-electron chi connectivity index (χ0n) is 14.4. The third-order valence-electron chi connectivity index (χ3n) is 4.48. The molecular formula is C19H25N3O2. The number of aromatic nitrogens is 1. The van der Waals surface area contributed by atoms with E-state index in [9.17, 15) is 0 Å². The first-order valence-electron chi connectivity index (χ1n) is 8.33. The minimum Gasteiger partial charge on any atom is -0.497 e. The fourth-order valence-electron chi connectivity index (χ4n) is 3.10. The summed E-state index contributed by atoms with van der Waals surface area (Å²) < 4.78 is 10.8. The Labute approximate surface area is 143 Å². The monoisotopic (exact) mass is 327 g/mol. The average molecular weight is 327 g/mol. The van der Waals surface area contributed by atoms with E-state index in [-0.39, 0.29) is 0 Å². The Morgan fingerprint density at radius 2 is 1.71 bits per heavy atom. The Balaban J connectivity index is 1.55. The van der Waals surface area contributed by atoms with Gasteiger partial charge in [0.25, 0.3) is 0 Å². The summed E-state index contributed by atoms with van der Waals surface area (Å²) in [6.45, 7) is 6.12. The van der Waals surface area contributed by atoms with Gasteiger partial charge in [0.1, 0.15) is 11.5 Å². The van der Waals surface area contributed by atoms with E-state index < -0.39 is 0 Å². The third kappa shape index (κ3) is 4.24. The van der Waals surface area contributed by atoms with Crippen molar-refractivity contribution in [2.75, 3.05) is 40.4 Å². The molecule has 128 valence electrons. The molecule has 24 heavy (non-hydrogen) atoms. The lowest BCUT2D eigenvalue weighted by Crippen LogP contribution is -2.45. The number of ether oxygens (including phenoxy) is 2. The van der Waals surface area contributed by atoms with E-state index in [0.717, 1.165) is 50.8 Å². The van der Waals surface area contributed by atoms with Crippen LogP contribution in [-0.2, 0) is 13.1 Å². The highest BCUT2D eigenvalue weighted by Crippen LogP contribution is 2.25. The lowest BCUT2D eigenvalue weighted by atomic mass is 10.1. The zero-order valence-corrected chi connectivity index (χ0v) is 14.4. The Morgan fingerprint density at radius 3 is 2.33 bits per heavy atom. The number of pyridine rings is 1. The summed E-state index contributed by atoms with van der Waals surface area (Å²) in [5, 5.41) is 0. The van der Waals surface area contributed by atoms with Gasteiger partial charge in [-0.3, -0.25) is 14.8 Å². The lowest BCUT2D eigenvalue weighted by Gasteiger charge is -2.34. The molecule has 0 bridgehead atoms. The van der Waals surface area contributed by atoms with Crippen molar-refractivity contribution in [1.29, 1.82) is 0 Å². The van der Waals surface area contributed by atoms with E-state index in [2.05, 4.69) is 26.9 Å². The standard InChI is InChI=1S/C19H25N3O2/c1-23-18-5-6-19(24-2)17(12-18)15-22-10-8-21(9-11-22)14-16-4-3-7-20-13-16/h3-7,12-13H,8-11,14-15H2,1-2H3. The van der Waals surface area contributed by atoms with Gasteiger partial charge in [-0.1, -0.05) is 6.07 Å². The molecule has 0 spiro atoms. The van der Waals surface area contributed by atoms with Crippen LogP contribution in [0.3, 0.4) is 0 Å². The Bertz CT molecular complexity index is 640. The zero-order chi connectivity index (χ0) is 16.8. The summed E-state index contributed by atoms with van der Waals surface area (Å²) in [6, 6.07) is 10.1. The first-order valence-corrected chi connectivity index (χ1v) is 8.33. The molecule has 5 heteroatoms. The van der Waals surface area contributed by atoms with Gasteiger partial charge in [0.15, 0.2) is 0 Å². The van der Waals surface area contributed by atoms with Crippen LogP contribution in [0, 0.1) is 0 Å². The van der Waals surface area contributed by atoms with Crippen molar-refractivity contribution < 1.29 is 9.47 Å². The summed E-state index contributed by atoms with van der Waals surface area (Å²) in [6.07, 6.45) is 3.77. The number of nitrogens with zero attached hydrogens (tertiary/aromatic N) is 3. The fourth-order valence-corrected chi connectivity index (χ4v) is 3.10. The van der Waals surface area contributed by atoms with Crippen molar-refractivity contribution in [3.63, 3.8) is 0 Å². The number of methoxy groups -OCH3 is 2. The van der Waals surface area contributed by atoms with Crippen molar-refractivity contribution in [3.8, 4) is 11.5 Å². The van der Waals surface area contributed by atoms with Gasteiger partial charge < -0.3 is 9.47 Å². The molecule has 1 aromatic carbocycles. The van der Waals surface area contributed by atoms with Gasteiger partial charge in [-0.2, -0.15) is 0 Å². The van der Waals surface area contributed by atoms with Crippen LogP contribution in [0.5, 0.6) is 11.5 Å². The summed E-state index contributed by atoms with van der Waals surface area (Å²) >= 11 is 0. The molecule has 0 atom stereocenters. The molecule has 0 radical (unpaired) electrons. The van der Waals surface area contributed by atoms with E-state index in [1.807, 2.05) is 30.6 Å². The van der Waals surface area contributed by atoms with E-state index in [4.69, 9.17) is 9.47 Å². The van der Waals surface area contributed by atoms with Crippen LogP contribution in [0.25, 0.3) is 0 Å². The third-order valence-corrected chi connectivity index (χ3v) is 4.48. The van der Waals surface area contributed by atoms with Crippen LogP contribution < -0.4 is 9.47 Å². The van der Waals surface area contributed by atoms with Gasteiger partial charge >= 0.3 is 0 Å². The second-order valence-electron chi connectivity index (χ2n) is 6.09. The van der Waals surface area contributed by atoms with Crippen LogP contribution in [0.2, 0.25) is 0 Å². The minimum absolute atomic E-state index is 0.876. The van der Waals surface area contributed by atoms with Crippen molar-refractivity contribution in [1.82, 2.24) is 14.8 Å². The first-order chi connectivity index (χ1) is 11.8. The van der Waals surface area contributed by atoms with E-state index >= 15 is 0 Å². The van der Waals surface area contributed by atoms with Gasteiger partial charge in [0.05, 0.1) is 14.2 Å². The molecule has 0 aliphatic carbocycles. The molecule has 0 amide bonds. The average Bonchev–Trinajstić information content (AvgIpc) is 2.64. The van der Waals surface area contributed by atoms with Crippen LogP contribution in [0.15, 0.2) is 42.7 Å². The smallest absolute Gasteiger partial charge is 0.123 e. The normalized spacial score (nSPS) is 16.1. The maximum Gasteiger partial charge on any atom is 0.123 e. The molecule has 3 rings (SSSR count). The molecule has 1 fully saturated rings. The van der Waals surface area contributed by atoms with E-state index in [0.29, 0.717) is 0 Å². The summed E-state index contributed by atoms with van der Waals surface area (Å²) in [4.78, 5) is 9.15. The number of benzene rings is 1. The van der Waals surface area contributed by atoms with Crippen LogP contribution >= 0.6 is 0 Å². The topological polar surface area (TPSA) is 37.8 Å². The molecular weight excluding hydrogens is 302 g/mol. The predicted octanol–water partition coefficient (Wildman–Crippen LogP) is 2.42. The highest BCUT2D eigenvalue weighted by Gasteiger charge is 2.18. The molecule has 0 unspecified atom stereocenters. The second-order valence-corrected chi connectivity index (χ2v) is 6.09. The molecule has 2 heterocycles. The van der Waals surface area contributed by atoms with Crippen LogP contribution in [0.4, 0.5) is 0 Å². The maximum atomic E-state index is 5.49. The van der Waals surface area contributed by atoms with Gasteiger partial charge in [-0.25, -0.2) is 0 Å². The molecule has 2 aromatic rings.